The summed E-state index contributed by atoms with van der Waals surface area (Å²) >= 11 is 0. The maximum atomic E-state index is 13.6. The lowest BCUT2D eigenvalue weighted by molar-refractivity contribution is 0.0943. The molecule has 0 spiro atoms. The first kappa shape index (κ1) is 23.4. The Morgan fingerprint density at radius 2 is 1.67 bits per heavy atom. The summed E-state index contributed by atoms with van der Waals surface area (Å²) in [7, 11) is 4.04. The van der Waals surface area contributed by atoms with Crippen molar-refractivity contribution < 1.29 is 4.79 Å². The highest BCUT2D eigenvalue weighted by Gasteiger charge is 2.20. The van der Waals surface area contributed by atoms with E-state index in [2.05, 4.69) is 32.4 Å². The number of hydrogen-bond donors (Lipinski definition) is 1. The van der Waals surface area contributed by atoms with Crippen molar-refractivity contribution in [2.45, 2.75) is 12.6 Å². The Hall–Kier alpha value is -4.36. The van der Waals surface area contributed by atoms with Gasteiger partial charge in [0, 0.05) is 24.5 Å². The van der Waals surface area contributed by atoms with Gasteiger partial charge < -0.3 is 10.2 Å². The van der Waals surface area contributed by atoms with Crippen LogP contribution in [0.15, 0.2) is 97.5 Å². The van der Waals surface area contributed by atoms with Crippen molar-refractivity contribution in [2.75, 3.05) is 20.6 Å². The van der Waals surface area contributed by atoms with E-state index in [1.54, 1.807) is 18.6 Å². The van der Waals surface area contributed by atoms with Gasteiger partial charge in [0.25, 0.3) is 5.91 Å². The molecule has 1 atom stereocenters. The van der Waals surface area contributed by atoms with E-state index >= 15 is 0 Å². The molecule has 0 fully saturated rings. The van der Waals surface area contributed by atoms with Crippen molar-refractivity contribution in [1.82, 2.24) is 30.0 Å². The number of amides is 1. The van der Waals surface area contributed by atoms with Crippen LogP contribution in [-0.2, 0) is 6.54 Å². The summed E-state index contributed by atoms with van der Waals surface area (Å²) in [6.07, 6.45) is 5.25. The molecule has 7 nitrogen and oxygen atoms in total. The second kappa shape index (κ2) is 10.5. The summed E-state index contributed by atoms with van der Waals surface area (Å²) in [6, 6.07) is 25.9. The highest BCUT2D eigenvalue weighted by Crippen LogP contribution is 2.26. The number of rotatable bonds is 8. The average Bonchev–Trinajstić information content (AvgIpc) is 3.32. The number of carbonyl (C=O) groups excluding carboxylic acids is 1. The monoisotopic (exact) mass is 476 g/mol. The zero-order valence-electron chi connectivity index (χ0n) is 20.4. The van der Waals surface area contributed by atoms with E-state index in [1.165, 1.54) is 0 Å². The predicted molar refractivity (Wildman–Crippen MR) is 142 cm³/mol. The van der Waals surface area contributed by atoms with Gasteiger partial charge in [-0.2, -0.15) is 5.10 Å². The quantitative estimate of drug-likeness (QED) is 0.355. The van der Waals surface area contributed by atoms with Gasteiger partial charge in [0.2, 0.25) is 0 Å². The van der Waals surface area contributed by atoms with Crippen molar-refractivity contribution in [3.8, 4) is 11.3 Å². The summed E-state index contributed by atoms with van der Waals surface area (Å²) in [5, 5.41) is 8.46. The zero-order chi connectivity index (χ0) is 24.9. The molecule has 0 saturated carbocycles. The molecular formula is C29H28N6O. The minimum absolute atomic E-state index is 0.0514. The van der Waals surface area contributed by atoms with Crippen LogP contribution in [0.4, 0.5) is 0 Å². The summed E-state index contributed by atoms with van der Waals surface area (Å²) in [6.45, 7) is 1.01. The lowest BCUT2D eigenvalue weighted by atomic mass is 10.0. The second-order valence-electron chi connectivity index (χ2n) is 8.92. The highest BCUT2D eigenvalue weighted by atomic mass is 16.1. The number of nitrogens with zero attached hydrogens (tertiary/aromatic N) is 5. The average molecular weight is 477 g/mol. The topological polar surface area (TPSA) is 75.9 Å². The zero-order valence-corrected chi connectivity index (χ0v) is 20.4. The first-order valence-electron chi connectivity index (χ1n) is 11.9. The van der Waals surface area contributed by atoms with Gasteiger partial charge in [0.05, 0.1) is 35.4 Å². The predicted octanol–water partition coefficient (Wildman–Crippen LogP) is 4.57. The summed E-state index contributed by atoms with van der Waals surface area (Å²) in [5.41, 5.74) is 5.12. The Labute approximate surface area is 210 Å². The Morgan fingerprint density at radius 1 is 0.972 bits per heavy atom. The van der Waals surface area contributed by atoms with E-state index in [0.717, 1.165) is 27.8 Å². The number of nitrogens with one attached hydrogen (secondary N) is 1. The Bertz CT molecular complexity index is 1450. The van der Waals surface area contributed by atoms with Gasteiger partial charge in [-0.05, 0) is 43.4 Å². The number of pyridine rings is 2. The minimum atomic E-state index is -0.147. The molecule has 0 radical (unpaired) electrons. The standard InChI is InChI=1S/C29H28N6O/c1-34(2)27(23-11-7-4-8-12-23)19-31-29(36)24-17-26(22-9-5-3-6-10-22)33-28-25(24)18-32-35(28)20-21-13-15-30-16-14-21/h3-18,27H,19-20H2,1-2H3,(H,31,36)/t27-/m1/s1. The van der Waals surface area contributed by atoms with E-state index in [4.69, 9.17) is 4.98 Å². The molecule has 0 aliphatic rings. The van der Waals surface area contributed by atoms with Crippen LogP contribution in [0.1, 0.15) is 27.5 Å². The first-order valence-corrected chi connectivity index (χ1v) is 11.9. The van der Waals surface area contributed by atoms with Gasteiger partial charge in [-0.3, -0.25) is 9.78 Å². The third kappa shape index (κ3) is 5.01. The Kier molecular flexibility index (Phi) is 6.82. The molecule has 36 heavy (non-hydrogen) atoms. The molecule has 2 aromatic carbocycles. The molecule has 3 heterocycles. The SMILES string of the molecule is CN(C)[C@H](CNC(=O)c1cc(-c2ccccc2)nc2c1cnn2Cc1ccncc1)c1ccccc1. The van der Waals surface area contributed by atoms with E-state index in [9.17, 15) is 4.79 Å². The smallest absolute Gasteiger partial charge is 0.252 e. The van der Waals surface area contributed by atoms with Gasteiger partial charge in [0.1, 0.15) is 0 Å². The molecule has 0 aliphatic heterocycles. The molecule has 0 bridgehead atoms. The molecule has 0 unspecified atom stereocenters. The normalized spacial score (nSPS) is 12.1. The maximum absolute atomic E-state index is 13.6. The van der Waals surface area contributed by atoms with Crippen molar-refractivity contribution in [2.24, 2.45) is 0 Å². The Morgan fingerprint density at radius 3 is 2.36 bits per heavy atom. The molecule has 1 amide bonds. The molecule has 0 saturated heterocycles. The van der Waals surface area contributed by atoms with E-state index < -0.39 is 0 Å². The van der Waals surface area contributed by atoms with Crippen LogP contribution >= 0.6 is 0 Å². The molecule has 180 valence electrons. The van der Waals surface area contributed by atoms with Crippen LogP contribution in [0.25, 0.3) is 22.3 Å². The van der Waals surface area contributed by atoms with Crippen LogP contribution in [0.5, 0.6) is 0 Å². The van der Waals surface area contributed by atoms with Crippen LogP contribution in [0, 0.1) is 0 Å². The highest BCUT2D eigenvalue weighted by molar-refractivity contribution is 6.06. The maximum Gasteiger partial charge on any atom is 0.252 e. The first-order chi connectivity index (χ1) is 17.6. The van der Waals surface area contributed by atoms with Gasteiger partial charge in [-0.25, -0.2) is 9.67 Å². The van der Waals surface area contributed by atoms with E-state index in [1.807, 2.05) is 85.5 Å². The fourth-order valence-electron chi connectivity index (χ4n) is 4.33. The van der Waals surface area contributed by atoms with Crippen molar-refractivity contribution in [3.05, 3.63) is 114 Å². The third-order valence-corrected chi connectivity index (χ3v) is 6.27. The number of fused-ring (bicyclic) bond motifs is 1. The lowest BCUT2D eigenvalue weighted by Gasteiger charge is -2.25. The van der Waals surface area contributed by atoms with Gasteiger partial charge >= 0.3 is 0 Å². The molecule has 0 aliphatic carbocycles. The van der Waals surface area contributed by atoms with Crippen LogP contribution in [-0.4, -0.2) is 51.2 Å². The lowest BCUT2D eigenvalue weighted by Crippen LogP contribution is -2.34. The number of aromatic nitrogens is 4. The summed E-state index contributed by atoms with van der Waals surface area (Å²) in [4.78, 5) is 24.7. The molecule has 7 heteroatoms. The van der Waals surface area contributed by atoms with Crippen LogP contribution < -0.4 is 5.32 Å². The number of hydrogen-bond acceptors (Lipinski definition) is 5. The van der Waals surface area contributed by atoms with E-state index in [-0.39, 0.29) is 11.9 Å². The molecule has 5 aromatic rings. The molecule has 5 rings (SSSR count). The largest absolute Gasteiger partial charge is 0.350 e. The minimum Gasteiger partial charge on any atom is -0.350 e. The fraction of sp³-hybridized carbons (Fsp3) is 0.172. The molecule has 3 aromatic heterocycles. The number of benzene rings is 2. The Balaban J connectivity index is 1.50. The second-order valence-corrected chi connectivity index (χ2v) is 8.92. The number of likely N-dealkylation sites (N-methyl/N-ethyl adjacent to an activating group) is 1. The van der Waals surface area contributed by atoms with E-state index in [0.29, 0.717) is 24.3 Å². The molecular weight excluding hydrogens is 448 g/mol. The van der Waals surface area contributed by atoms with Crippen LogP contribution in [0.2, 0.25) is 0 Å². The van der Waals surface area contributed by atoms with Gasteiger partial charge in [-0.1, -0.05) is 60.7 Å². The fourth-order valence-corrected chi connectivity index (χ4v) is 4.33. The molecule has 1 N–H and O–H groups in total. The third-order valence-electron chi connectivity index (χ3n) is 6.27. The van der Waals surface area contributed by atoms with Gasteiger partial charge in [0.15, 0.2) is 5.65 Å². The van der Waals surface area contributed by atoms with Crippen molar-refractivity contribution in [1.29, 1.82) is 0 Å². The van der Waals surface area contributed by atoms with Crippen molar-refractivity contribution >= 4 is 16.9 Å². The van der Waals surface area contributed by atoms with Gasteiger partial charge in [-0.15, -0.1) is 0 Å². The number of carbonyl (C=O) groups is 1. The summed E-state index contributed by atoms with van der Waals surface area (Å²) in [5.74, 6) is -0.147. The van der Waals surface area contributed by atoms with Crippen molar-refractivity contribution in [3.63, 3.8) is 0 Å². The summed E-state index contributed by atoms with van der Waals surface area (Å²) < 4.78 is 1.83. The van der Waals surface area contributed by atoms with Crippen LogP contribution in [0.3, 0.4) is 0 Å².